The molecule has 0 aliphatic carbocycles. The average molecular weight is 286 g/mol. The van der Waals surface area contributed by atoms with Crippen molar-refractivity contribution in [2.75, 3.05) is 33.7 Å². The minimum absolute atomic E-state index is 0.0935. The van der Waals surface area contributed by atoms with Crippen LogP contribution in [0.1, 0.15) is 22.5 Å². The number of ketones is 1. The molecule has 0 saturated carbocycles. The third-order valence-electron chi connectivity index (χ3n) is 4.35. The maximum absolute atomic E-state index is 12.5. The van der Waals surface area contributed by atoms with Crippen LogP contribution in [0.25, 0.3) is 11.0 Å². The van der Waals surface area contributed by atoms with Crippen molar-refractivity contribution in [2.24, 2.45) is 0 Å². The van der Waals surface area contributed by atoms with E-state index < -0.39 is 0 Å². The molecule has 1 aliphatic heterocycles. The van der Waals surface area contributed by atoms with Gasteiger partial charge in [0.05, 0.1) is 0 Å². The van der Waals surface area contributed by atoms with Crippen LogP contribution in [0.4, 0.5) is 0 Å². The summed E-state index contributed by atoms with van der Waals surface area (Å²) in [5.74, 6) is 0.577. The van der Waals surface area contributed by atoms with E-state index in [4.69, 9.17) is 4.42 Å². The van der Waals surface area contributed by atoms with Crippen molar-refractivity contribution >= 4 is 16.8 Å². The van der Waals surface area contributed by atoms with Crippen molar-refractivity contribution in [3.05, 3.63) is 35.6 Å². The fraction of sp³-hybridized carbons (Fsp3) is 0.471. The quantitative estimate of drug-likeness (QED) is 0.813. The second-order valence-electron chi connectivity index (χ2n) is 6.18. The van der Waals surface area contributed by atoms with Gasteiger partial charge in [0.2, 0.25) is 0 Å². The van der Waals surface area contributed by atoms with Crippen molar-refractivity contribution in [1.82, 2.24) is 9.80 Å². The Labute approximate surface area is 125 Å². The number of hydrogen-bond acceptors (Lipinski definition) is 4. The molecule has 1 fully saturated rings. The van der Waals surface area contributed by atoms with Gasteiger partial charge in [0.15, 0.2) is 11.5 Å². The van der Waals surface area contributed by atoms with Crippen LogP contribution in [0.3, 0.4) is 0 Å². The molecule has 4 heteroatoms. The average Bonchev–Trinajstić information content (AvgIpc) is 2.86. The Hall–Kier alpha value is -1.65. The molecular formula is C17H22N2O2. The number of hydrogen-bond donors (Lipinski definition) is 0. The van der Waals surface area contributed by atoms with Gasteiger partial charge >= 0.3 is 0 Å². The van der Waals surface area contributed by atoms with E-state index in [9.17, 15) is 4.79 Å². The first-order valence-electron chi connectivity index (χ1n) is 7.45. The largest absolute Gasteiger partial charge is 0.453 e. The number of nitrogens with zero attached hydrogens (tertiary/aromatic N) is 2. The molecule has 21 heavy (non-hydrogen) atoms. The van der Waals surface area contributed by atoms with Crippen molar-refractivity contribution in [3.63, 3.8) is 0 Å². The van der Waals surface area contributed by atoms with E-state index in [1.54, 1.807) is 0 Å². The summed E-state index contributed by atoms with van der Waals surface area (Å²) >= 11 is 0. The van der Waals surface area contributed by atoms with Gasteiger partial charge in [-0.15, -0.1) is 0 Å². The molecule has 1 unspecified atom stereocenters. The lowest BCUT2D eigenvalue weighted by Crippen LogP contribution is -2.50. The summed E-state index contributed by atoms with van der Waals surface area (Å²) < 4.78 is 5.71. The number of likely N-dealkylation sites (N-methyl/N-ethyl adjacent to an activating group) is 2. The second kappa shape index (κ2) is 5.62. The van der Waals surface area contributed by atoms with E-state index in [0.717, 1.165) is 30.6 Å². The lowest BCUT2D eigenvalue weighted by molar-refractivity contribution is 0.0789. The summed E-state index contributed by atoms with van der Waals surface area (Å²) in [5, 5.41) is 1.01. The summed E-state index contributed by atoms with van der Waals surface area (Å²) in [5.41, 5.74) is 1.97. The first-order valence-corrected chi connectivity index (χ1v) is 7.45. The predicted octanol–water partition coefficient (Wildman–Crippen LogP) is 2.56. The van der Waals surface area contributed by atoms with E-state index in [2.05, 4.69) is 30.0 Å². The molecule has 4 nitrogen and oxygen atoms in total. The van der Waals surface area contributed by atoms with Crippen molar-refractivity contribution < 1.29 is 9.21 Å². The highest BCUT2D eigenvalue weighted by Gasteiger charge is 2.26. The molecule has 0 spiro atoms. The van der Waals surface area contributed by atoms with Crippen LogP contribution in [0.5, 0.6) is 0 Å². The van der Waals surface area contributed by atoms with Gasteiger partial charge in [-0.25, -0.2) is 0 Å². The lowest BCUT2D eigenvalue weighted by Gasteiger charge is -2.37. The van der Waals surface area contributed by atoms with Gasteiger partial charge in [-0.1, -0.05) is 11.6 Å². The van der Waals surface area contributed by atoms with E-state index in [0.29, 0.717) is 12.2 Å². The third-order valence-corrected chi connectivity index (χ3v) is 4.35. The summed E-state index contributed by atoms with van der Waals surface area (Å²) in [6.07, 6.45) is 0.514. The fourth-order valence-corrected chi connectivity index (χ4v) is 2.94. The van der Waals surface area contributed by atoms with Crippen molar-refractivity contribution in [1.29, 1.82) is 0 Å². The smallest absolute Gasteiger partial charge is 0.199 e. The van der Waals surface area contributed by atoms with Gasteiger partial charge in [-0.3, -0.25) is 4.79 Å². The Morgan fingerprint density at radius 1 is 1.29 bits per heavy atom. The normalized spacial score (nSPS) is 21.0. The highest BCUT2D eigenvalue weighted by Crippen LogP contribution is 2.22. The van der Waals surface area contributed by atoms with Gasteiger partial charge in [-0.2, -0.15) is 0 Å². The minimum Gasteiger partial charge on any atom is -0.453 e. The molecule has 0 amide bonds. The molecule has 1 saturated heterocycles. The molecule has 0 N–H and O–H groups in total. The molecule has 1 aliphatic rings. The maximum atomic E-state index is 12.5. The Morgan fingerprint density at radius 2 is 2.10 bits per heavy atom. The lowest BCUT2D eigenvalue weighted by atomic mass is 10.0. The first-order chi connectivity index (χ1) is 10.0. The topological polar surface area (TPSA) is 36.7 Å². The third kappa shape index (κ3) is 3.01. The molecule has 1 aromatic heterocycles. The monoisotopic (exact) mass is 286 g/mol. The van der Waals surface area contributed by atoms with Crippen LogP contribution in [-0.2, 0) is 0 Å². The number of aryl methyl sites for hydroxylation is 1. The molecule has 112 valence electrons. The number of furan rings is 1. The molecule has 0 bridgehead atoms. The molecule has 1 atom stereocenters. The van der Waals surface area contributed by atoms with Crippen LogP contribution < -0.4 is 0 Å². The second-order valence-corrected chi connectivity index (χ2v) is 6.18. The van der Waals surface area contributed by atoms with Crippen LogP contribution >= 0.6 is 0 Å². The predicted molar refractivity (Wildman–Crippen MR) is 83.8 cm³/mol. The van der Waals surface area contributed by atoms with E-state index in [-0.39, 0.29) is 11.8 Å². The SMILES string of the molecule is Cc1ccc2oc(C(=O)CC3CN(C)CCN3C)cc2c1. The molecular weight excluding hydrogens is 264 g/mol. The minimum atomic E-state index is 0.0935. The molecule has 2 aromatic rings. The maximum Gasteiger partial charge on any atom is 0.199 e. The summed E-state index contributed by atoms with van der Waals surface area (Å²) in [7, 11) is 4.20. The van der Waals surface area contributed by atoms with Gasteiger partial charge in [0.25, 0.3) is 0 Å². The Bertz CT molecular complexity index is 662. The number of carbonyl (C=O) groups excluding carboxylic acids is 1. The number of fused-ring (bicyclic) bond motifs is 1. The number of benzene rings is 1. The molecule has 1 aromatic carbocycles. The molecule has 2 heterocycles. The van der Waals surface area contributed by atoms with Gasteiger partial charge in [0.1, 0.15) is 5.58 Å². The zero-order valence-corrected chi connectivity index (χ0v) is 12.9. The van der Waals surface area contributed by atoms with E-state index in [1.165, 1.54) is 5.56 Å². The number of Topliss-reactive ketones (excluding diaryl/α,β-unsaturated/α-hetero) is 1. The highest BCUT2D eigenvalue weighted by atomic mass is 16.3. The van der Waals surface area contributed by atoms with Crippen LogP contribution in [0, 0.1) is 6.92 Å². The van der Waals surface area contributed by atoms with Crippen molar-refractivity contribution in [3.8, 4) is 0 Å². The Morgan fingerprint density at radius 3 is 2.90 bits per heavy atom. The number of piperazine rings is 1. The summed E-state index contributed by atoms with van der Waals surface area (Å²) in [6, 6.07) is 8.13. The fourth-order valence-electron chi connectivity index (χ4n) is 2.94. The van der Waals surface area contributed by atoms with Gasteiger partial charge in [-0.05, 0) is 39.2 Å². The Balaban J connectivity index is 1.77. The zero-order chi connectivity index (χ0) is 15.0. The van der Waals surface area contributed by atoms with Gasteiger partial charge < -0.3 is 14.2 Å². The number of rotatable bonds is 3. The molecule has 0 radical (unpaired) electrons. The first kappa shape index (κ1) is 14.3. The Kier molecular flexibility index (Phi) is 3.83. The highest BCUT2D eigenvalue weighted by molar-refractivity contribution is 5.98. The standard InChI is InChI=1S/C17H22N2O2/c1-12-4-5-16-13(8-12)9-17(21-16)15(20)10-14-11-18(2)6-7-19(14)3/h4-5,8-9,14H,6-7,10-11H2,1-3H3. The van der Waals surface area contributed by atoms with E-state index in [1.807, 2.05) is 25.1 Å². The molecule has 3 rings (SSSR count). The zero-order valence-electron chi connectivity index (χ0n) is 12.9. The van der Waals surface area contributed by atoms with Crippen LogP contribution in [-0.4, -0.2) is 55.4 Å². The van der Waals surface area contributed by atoms with Gasteiger partial charge in [0, 0.05) is 37.5 Å². The number of carbonyl (C=O) groups is 1. The van der Waals surface area contributed by atoms with Crippen LogP contribution in [0.15, 0.2) is 28.7 Å². The van der Waals surface area contributed by atoms with Crippen LogP contribution in [0.2, 0.25) is 0 Å². The van der Waals surface area contributed by atoms with Crippen molar-refractivity contribution in [2.45, 2.75) is 19.4 Å². The summed E-state index contributed by atoms with van der Waals surface area (Å²) in [4.78, 5) is 17.0. The summed E-state index contributed by atoms with van der Waals surface area (Å²) in [6.45, 7) is 5.04. The van der Waals surface area contributed by atoms with E-state index >= 15 is 0 Å².